The number of furan rings is 1. The molecule has 0 bridgehead atoms. The number of Topliss-reactive ketones (excluding diaryl/α,β-unsaturated/α-hetero) is 1. The highest BCUT2D eigenvalue weighted by Crippen LogP contribution is 2.24. The maximum absolute atomic E-state index is 11.2. The zero-order chi connectivity index (χ0) is 13.0. The highest BCUT2D eigenvalue weighted by atomic mass is 16.5. The molecule has 18 heavy (non-hydrogen) atoms. The third kappa shape index (κ3) is 2.69. The number of carbonyl (C=O) groups is 1. The summed E-state index contributed by atoms with van der Waals surface area (Å²) >= 11 is 0. The minimum atomic E-state index is -0.0947. The molecule has 0 saturated carbocycles. The summed E-state index contributed by atoms with van der Waals surface area (Å²) in [6.45, 7) is 1.98. The lowest BCUT2D eigenvalue weighted by Crippen LogP contribution is -1.96. The van der Waals surface area contributed by atoms with Crippen LogP contribution in [0.2, 0.25) is 0 Å². The summed E-state index contributed by atoms with van der Waals surface area (Å²) in [4.78, 5) is 11.2. The highest BCUT2D eigenvalue weighted by Gasteiger charge is 2.08. The molecule has 2 rings (SSSR count). The Morgan fingerprint density at radius 2 is 2.28 bits per heavy atom. The SMILES string of the molecule is CC(=O)c1cc2cc(OCCCC#N)ccc2o1. The van der Waals surface area contributed by atoms with Crippen LogP contribution in [-0.2, 0) is 0 Å². The van der Waals surface area contributed by atoms with Crippen molar-refractivity contribution in [3.8, 4) is 11.8 Å². The van der Waals surface area contributed by atoms with Crippen LogP contribution in [0.25, 0.3) is 11.0 Å². The van der Waals surface area contributed by atoms with E-state index in [9.17, 15) is 4.79 Å². The molecule has 0 aliphatic rings. The van der Waals surface area contributed by atoms with Crippen LogP contribution < -0.4 is 4.74 Å². The Morgan fingerprint density at radius 1 is 1.44 bits per heavy atom. The fourth-order valence-electron chi connectivity index (χ4n) is 1.63. The van der Waals surface area contributed by atoms with Gasteiger partial charge in [-0.25, -0.2) is 0 Å². The predicted octanol–water partition coefficient (Wildman–Crippen LogP) is 3.32. The van der Waals surface area contributed by atoms with Gasteiger partial charge < -0.3 is 9.15 Å². The van der Waals surface area contributed by atoms with Gasteiger partial charge in [0.05, 0.1) is 12.7 Å². The van der Waals surface area contributed by atoms with Gasteiger partial charge in [-0.2, -0.15) is 5.26 Å². The van der Waals surface area contributed by atoms with Gasteiger partial charge in [-0.1, -0.05) is 0 Å². The van der Waals surface area contributed by atoms with Gasteiger partial charge in [0.2, 0.25) is 0 Å². The van der Waals surface area contributed by atoms with Crippen LogP contribution >= 0.6 is 0 Å². The largest absolute Gasteiger partial charge is 0.494 e. The second kappa shape index (κ2) is 5.37. The lowest BCUT2D eigenvalue weighted by molar-refractivity contribution is 0.0989. The van der Waals surface area contributed by atoms with E-state index in [1.165, 1.54) is 6.92 Å². The average molecular weight is 243 g/mol. The maximum Gasteiger partial charge on any atom is 0.194 e. The van der Waals surface area contributed by atoms with Crippen molar-refractivity contribution in [1.82, 2.24) is 0 Å². The number of hydrogen-bond donors (Lipinski definition) is 0. The van der Waals surface area contributed by atoms with Crippen molar-refractivity contribution in [3.05, 3.63) is 30.0 Å². The van der Waals surface area contributed by atoms with Crippen molar-refractivity contribution in [1.29, 1.82) is 5.26 Å². The molecule has 1 aromatic carbocycles. The van der Waals surface area contributed by atoms with E-state index in [1.54, 1.807) is 18.2 Å². The summed E-state index contributed by atoms with van der Waals surface area (Å²) in [5.41, 5.74) is 0.671. The number of fused-ring (bicyclic) bond motifs is 1. The minimum absolute atomic E-state index is 0.0947. The number of nitrogens with zero attached hydrogens (tertiary/aromatic N) is 1. The molecule has 0 atom stereocenters. The summed E-state index contributed by atoms with van der Waals surface area (Å²) < 4.78 is 10.9. The number of carbonyl (C=O) groups excluding carboxylic acids is 1. The first-order chi connectivity index (χ1) is 8.70. The van der Waals surface area contributed by atoms with Crippen molar-refractivity contribution in [3.63, 3.8) is 0 Å². The maximum atomic E-state index is 11.2. The molecule has 2 aromatic rings. The van der Waals surface area contributed by atoms with Gasteiger partial charge in [0.1, 0.15) is 11.3 Å². The Morgan fingerprint density at radius 3 is 3.00 bits per heavy atom. The van der Waals surface area contributed by atoms with Gasteiger partial charge in [-0.05, 0) is 30.7 Å². The minimum Gasteiger partial charge on any atom is -0.494 e. The van der Waals surface area contributed by atoms with E-state index in [-0.39, 0.29) is 5.78 Å². The fraction of sp³-hybridized carbons (Fsp3) is 0.286. The van der Waals surface area contributed by atoms with Crippen molar-refractivity contribution in [2.75, 3.05) is 6.61 Å². The quantitative estimate of drug-likeness (QED) is 0.597. The molecule has 1 aromatic heterocycles. The Kier molecular flexibility index (Phi) is 3.63. The molecule has 0 spiro atoms. The monoisotopic (exact) mass is 243 g/mol. The van der Waals surface area contributed by atoms with Crippen LogP contribution in [0, 0.1) is 11.3 Å². The molecule has 0 amide bonds. The average Bonchev–Trinajstić information content (AvgIpc) is 2.78. The normalized spacial score (nSPS) is 10.2. The second-order valence-electron chi connectivity index (χ2n) is 3.98. The smallest absolute Gasteiger partial charge is 0.194 e. The van der Waals surface area contributed by atoms with Crippen molar-refractivity contribution in [2.24, 2.45) is 0 Å². The van der Waals surface area contributed by atoms with Crippen LogP contribution in [0.15, 0.2) is 28.7 Å². The molecule has 4 heteroatoms. The Hall–Kier alpha value is -2.28. The third-order valence-electron chi connectivity index (χ3n) is 2.54. The first kappa shape index (κ1) is 12.2. The number of benzene rings is 1. The number of unbranched alkanes of at least 4 members (excludes halogenated alkanes) is 1. The first-order valence-electron chi connectivity index (χ1n) is 5.75. The van der Waals surface area contributed by atoms with Gasteiger partial charge in [-0.3, -0.25) is 4.79 Å². The van der Waals surface area contributed by atoms with Gasteiger partial charge in [0.25, 0.3) is 0 Å². The number of ketones is 1. The molecule has 0 radical (unpaired) electrons. The number of nitriles is 1. The topological polar surface area (TPSA) is 63.2 Å². The van der Waals surface area contributed by atoms with Crippen LogP contribution in [0.1, 0.15) is 30.3 Å². The molecule has 0 aliphatic carbocycles. The lowest BCUT2D eigenvalue weighted by atomic mass is 10.2. The molecule has 0 unspecified atom stereocenters. The summed E-state index contributed by atoms with van der Waals surface area (Å²) in [5, 5.41) is 9.26. The van der Waals surface area contributed by atoms with Gasteiger partial charge in [0.15, 0.2) is 11.5 Å². The van der Waals surface area contributed by atoms with Crippen LogP contribution in [0.5, 0.6) is 5.75 Å². The van der Waals surface area contributed by atoms with Crippen molar-refractivity contribution < 1.29 is 13.9 Å². The molecule has 4 nitrogen and oxygen atoms in total. The Balaban J connectivity index is 2.12. The van der Waals surface area contributed by atoms with Gasteiger partial charge in [-0.15, -0.1) is 0 Å². The van der Waals surface area contributed by atoms with E-state index in [1.807, 2.05) is 6.07 Å². The van der Waals surface area contributed by atoms with E-state index >= 15 is 0 Å². The number of hydrogen-bond acceptors (Lipinski definition) is 4. The van der Waals surface area contributed by atoms with E-state index < -0.39 is 0 Å². The van der Waals surface area contributed by atoms with E-state index in [4.69, 9.17) is 14.4 Å². The summed E-state index contributed by atoms with van der Waals surface area (Å²) in [6.07, 6.45) is 1.20. The molecule has 0 fully saturated rings. The van der Waals surface area contributed by atoms with Gasteiger partial charge in [0, 0.05) is 18.7 Å². The van der Waals surface area contributed by atoms with Crippen molar-refractivity contribution >= 4 is 16.8 Å². The standard InChI is InChI=1S/C14H13NO3/c1-10(16)14-9-11-8-12(4-5-13(11)18-14)17-7-3-2-6-15/h4-5,8-9H,2-3,7H2,1H3. The molecular weight excluding hydrogens is 230 g/mol. The lowest BCUT2D eigenvalue weighted by Gasteiger charge is -2.03. The zero-order valence-electron chi connectivity index (χ0n) is 10.1. The summed E-state index contributed by atoms with van der Waals surface area (Å²) in [5.74, 6) is 0.977. The van der Waals surface area contributed by atoms with E-state index in [2.05, 4.69) is 6.07 Å². The molecule has 0 saturated heterocycles. The molecule has 1 heterocycles. The van der Waals surface area contributed by atoms with Gasteiger partial charge >= 0.3 is 0 Å². The Labute approximate surface area is 105 Å². The zero-order valence-corrected chi connectivity index (χ0v) is 10.1. The molecule has 92 valence electrons. The molecule has 0 N–H and O–H groups in total. The highest BCUT2D eigenvalue weighted by molar-refractivity contribution is 5.96. The summed E-state index contributed by atoms with van der Waals surface area (Å²) in [6, 6.07) is 9.18. The van der Waals surface area contributed by atoms with Crippen LogP contribution in [-0.4, -0.2) is 12.4 Å². The van der Waals surface area contributed by atoms with Crippen LogP contribution in [0.4, 0.5) is 0 Å². The Bertz CT molecular complexity index is 607. The van der Waals surface area contributed by atoms with Crippen LogP contribution in [0.3, 0.4) is 0 Å². The molecule has 0 aliphatic heterocycles. The van der Waals surface area contributed by atoms with Crippen molar-refractivity contribution in [2.45, 2.75) is 19.8 Å². The van der Waals surface area contributed by atoms with E-state index in [0.717, 1.165) is 11.1 Å². The third-order valence-corrected chi connectivity index (χ3v) is 2.54. The van der Waals surface area contributed by atoms with E-state index in [0.29, 0.717) is 30.8 Å². The summed E-state index contributed by atoms with van der Waals surface area (Å²) in [7, 11) is 0. The second-order valence-corrected chi connectivity index (χ2v) is 3.98. The molecular formula is C14H13NO3. The number of ether oxygens (including phenoxy) is 1. The first-order valence-corrected chi connectivity index (χ1v) is 5.75. The fourth-order valence-corrected chi connectivity index (χ4v) is 1.63. The number of rotatable bonds is 5. The predicted molar refractivity (Wildman–Crippen MR) is 66.6 cm³/mol.